The summed E-state index contributed by atoms with van der Waals surface area (Å²) in [6.07, 6.45) is 2.23. The molecular weight excluding hydrogens is 254 g/mol. The van der Waals surface area contributed by atoms with Crippen molar-refractivity contribution in [1.29, 1.82) is 0 Å². The summed E-state index contributed by atoms with van der Waals surface area (Å²) in [5.41, 5.74) is 2.25. The van der Waals surface area contributed by atoms with Crippen LogP contribution in [0.2, 0.25) is 0 Å². The van der Waals surface area contributed by atoms with Crippen molar-refractivity contribution in [2.24, 2.45) is 0 Å². The smallest absolute Gasteiger partial charge is 0.322 e. The van der Waals surface area contributed by atoms with Crippen LogP contribution in [0.1, 0.15) is 18.9 Å². The quantitative estimate of drug-likeness (QED) is 0.843. The highest BCUT2D eigenvalue weighted by Gasteiger charge is 2.05. The third-order valence-electron chi connectivity index (χ3n) is 2.77. The number of aromatic nitrogens is 3. The number of aryl methyl sites for hydroxylation is 1. The van der Waals surface area contributed by atoms with Gasteiger partial charge >= 0.3 is 6.01 Å². The zero-order chi connectivity index (χ0) is 14.4. The van der Waals surface area contributed by atoms with Crippen LogP contribution >= 0.6 is 0 Å². The minimum Gasteiger partial charge on any atom is -0.467 e. The molecule has 0 aliphatic heterocycles. The number of hydrogen-bond acceptors (Lipinski definition) is 6. The molecule has 0 aliphatic carbocycles. The van der Waals surface area contributed by atoms with Crippen molar-refractivity contribution in [2.75, 3.05) is 24.8 Å². The fourth-order valence-corrected chi connectivity index (χ4v) is 1.79. The van der Waals surface area contributed by atoms with Gasteiger partial charge < -0.3 is 15.4 Å². The summed E-state index contributed by atoms with van der Waals surface area (Å²) in [4.78, 5) is 12.4. The van der Waals surface area contributed by atoms with E-state index in [0.717, 1.165) is 18.5 Å². The standard InChI is InChI=1S/C14H19N5O/c1-4-5-10-6-8-11(9-7-10)16-13-17-12(15-2)18-14(19-13)20-3/h6-9H,4-5H2,1-3H3,(H2,15,16,17,18,19). The molecule has 106 valence electrons. The summed E-state index contributed by atoms with van der Waals surface area (Å²) in [5.74, 6) is 0.909. The lowest BCUT2D eigenvalue weighted by Crippen LogP contribution is -2.05. The maximum atomic E-state index is 5.04. The predicted octanol–water partition coefficient (Wildman–Crippen LogP) is 2.62. The SMILES string of the molecule is CCCc1ccc(Nc2nc(NC)nc(OC)n2)cc1. The van der Waals surface area contributed by atoms with Crippen LogP contribution < -0.4 is 15.4 Å². The van der Waals surface area contributed by atoms with Gasteiger partial charge in [0.05, 0.1) is 7.11 Å². The molecule has 0 aliphatic rings. The molecule has 1 aromatic heterocycles. The first-order valence-electron chi connectivity index (χ1n) is 6.59. The molecule has 6 heteroatoms. The van der Waals surface area contributed by atoms with E-state index in [-0.39, 0.29) is 6.01 Å². The molecule has 1 heterocycles. The Morgan fingerprint density at radius 1 is 1.05 bits per heavy atom. The molecule has 0 saturated carbocycles. The van der Waals surface area contributed by atoms with Crippen molar-refractivity contribution in [1.82, 2.24) is 15.0 Å². The van der Waals surface area contributed by atoms with E-state index in [4.69, 9.17) is 4.74 Å². The van der Waals surface area contributed by atoms with Gasteiger partial charge in [0.25, 0.3) is 0 Å². The Bertz CT molecular complexity index is 534. The summed E-state index contributed by atoms with van der Waals surface area (Å²) in [6.45, 7) is 2.17. The number of anilines is 3. The van der Waals surface area contributed by atoms with Gasteiger partial charge in [-0.05, 0) is 24.1 Å². The highest BCUT2D eigenvalue weighted by Crippen LogP contribution is 2.17. The van der Waals surface area contributed by atoms with E-state index in [0.29, 0.717) is 11.9 Å². The van der Waals surface area contributed by atoms with Crippen molar-refractivity contribution in [2.45, 2.75) is 19.8 Å². The van der Waals surface area contributed by atoms with E-state index < -0.39 is 0 Å². The second-order valence-corrected chi connectivity index (χ2v) is 4.29. The molecule has 0 unspecified atom stereocenters. The van der Waals surface area contributed by atoms with Crippen LogP contribution in [-0.2, 0) is 6.42 Å². The average molecular weight is 273 g/mol. The molecule has 1 aromatic carbocycles. The van der Waals surface area contributed by atoms with Crippen LogP contribution in [0.25, 0.3) is 0 Å². The van der Waals surface area contributed by atoms with Crippen molar-refractivity contribution in [3.05, 3.63) is 29.8 Å². The number of rotatable bonds is 6. The lowest BCUT2D eigenvalue weighted by Gasteiger charge is -2.08. The predicted molar refractivity (Wildman–Crippen MR) is 79.6 cm³/mol. The molecule has 0 amide bonds. The van der Waals surface area contributed by atoms with Crippen LogP contribution in [0, 0.1) is 0 Å². The molecule has 0 saturated heterocycles. The van der Waals surface area contributed by atoms with Crippen LogP contribution in [0.3, 0.4) is 0 Å². The van der Waals surface area contributed by atoms with Crippen molar-refractivity contribution in [3.63, 3.8) is 0 Å². The van der Waals surface area contributed by atoms with E-state index in [1.807, 2.05) is 12.1 Å². The van der Waals surface area contributed by atoms with Gasteiger partial charge in [0, 0.05) is 12.7 Å². The number of hydrogen-bond donors (Lipinski definition) is 2. The monoisotopic (exact) mass is 273 g/mol. The van der Waals surface area contributed by atoms with Crippen LogP contribution in [0.15, 0.2) is 24.3 Å². The van der Waals surface area contributed by atoms with Gasteiger partial charge in [-0.25, -0.2) is 0 Å². The maximum absolute atomic E-state index is 5.04. The topological polar surface area (TPSA) is 72.0 Å². The van der Waals surface area contributed by atoms with Gasteiger partial charge in [-0.3, -0.25) is 0 Å². The van der Waals surface area contributed by atoms with Gasteiger partial charge in [0.2, 0.25) is 11.9 Å². The Hall–Kier alpha value is -2.37. The van der Waals surface area contributed by atoms with Gasteiger partial charge in [0.15, 0.2) is 0 Å². The second-order valence-electron chi connectivity index (χ2n) is 4.29. The third-order valence-corrected chi connectivity index (χ3v) is 2.77. The molecule has 0 spiro atoms. The molecule has 2 N–H and O–H groups in total. The zero-order valence-electron chi connectivity index (χ0n) is 12.0. The molecule has 6 nitrogen and oxygen atoms in total. The van der Waals surface area contributed by atoms with Gasteiger partial charge in [-0.1, -0.05) is 25.5 Å². The maximum Gasteiger partial charge on any atom is 0.322 e. The van der Waals surface area contributed by atoms with Crippen molar-refractivity contribution < 1.29 is 4.74 Å². The molecule has 2 aromatic rings. The molecule has 2 rings (SSSR count). The van der Waals surface area contributed by atoms with Crippen LogP contribution in [-0.4, -0.2) is 29.1 Å². The lowest BCUT2D eigenvalue weighted by atomic mass is 10.1. The number of benzene rings is 1. The minimum absolute atomic E-state index is 0.273. The molecule has 0 fully saturated rings. The first-order chi connectivity index (χ1) is 9.75. The fourth-order valence-electron chi connectivity index (χ4n) is 1.79. The van der Waals surface area contributed by atoms with Crippen molar-refractivity contribution >= 4 is 17.6 Å². The summed E-state index contributed by atoms with van der Waals surface area (Å²) in [6, 6.07) is 8.50. The Morgan fingerprint density at radius 2 is 1.75 bits per heavy atom. The number of nitrogens with one attached hydrogen (secondary N) is 2. The highest BCUT2D eigenvalue weighted by molar-refractivity contribution is 5.54. The Morgan fingerprint density at radius 3 is 2.35 bits per heavy atom. The largest absolute Gasteiger partial charge is 0.467 e. The Labute approximate surface area is 118 Å². The van der Waals surface area contributed by atoms with E-state index in [9.17, 15) is 0 Å². The molecule has 20 heavy (non-hydrogen) atoms. The number of methoxy groups -OCH3 is 1. The molecular formula is C14H19N5O. The van der Waals surface area contributed by atoms with E-state index in [1.165, 1.54) is 12.7 Å². The number of ether oxygens (including phenoxy) is 1. The summed E-state index contributed by atoms with van der Waals surface area (Å²) in [5, 5.41) is 6.01. The molecule has 0 atom stereocenters. The summed E-state index contributed by atoms with van der Waals surface area (Å²) in [7, 11) is 3.27. The normalized spacial score (nSPS) is 10.2. The van der Waals surface area contributed by atoms with Crippen molar-refractivity contribution in [3.8, 4) is 6.01 Å². The average Bonchev–Trinajstić information content (AvgIpc) is 2.49. The first kappa shape index (κ1) is 14.0. The second kappa shape index (κ2) is 6.70. The van der Waals surface area contributed by atoms with E-state index in [2.05, 4.69) is 44.6 Å². The van der Waals surface area contributed by atoms with E-state index >= 15 is 0 Å². The highest BCUT2D eigenvalue weighted by atomic mass is 16.5. The fraction of sp³-hybridized carbons (Fsp3) is 0.357. The van der Waals surface area contributed by atoms with E-state index in [1.54, 1.807) is 7.05 Å². The van der Waals surface area contributed by atoms with Crippen LogP contribution in [0.5, 0.6) is 6.01 Å². The van der Waals surface area contributed by atoms with Gasteiger partial charge in [0.1, 0.15) is 0 Å². The first-order valence-corrected chi connectivity index (χ1v) is 6.59. The van der Waals surface area contributed by atoms with Crippen LogP contribution in [0.4, 0.5) is 17.6 Å². The lowest BCUT2D eigenvalue weighted by molar-refractivity contribution is 0.379. The summed E-state index contributed by atoms with van der Waals surface area (Å²) < 4.78 is 5.04. The summed E-state index contributed by atoms with van der Waals surface area (Å²) >= 11 is 0. The van der Waals surface area contributed by atoms with Gasteiger partial charge in [-0.2, -0.15) is 15.0 Å². The number of nitrogens with zero attached hydrogens (tertiary/aromatic N) is 3. The van der Waals surface area contributed by atoms with Gasteiger partial charge in [-0.15, -0.1) is 0 Å². The third kappa shape index (κ3) is 3.57. The zero-order valence-corrected chi connectivity index (χ0v) is 12.0. The minimum atomic E-state index is 0.273. The Kier molecular flexibility index (Phi) is 4.70. The Balaban J connectivity index is 2.16. The molecule has 0 radical (unpaired) electrons. The molecule has 0 bridgehead atoms.